The molecule has 0 radical (unpaired) electrons. The van der Waals surface area contributed by atoms with Gasteiger partial charge >= 0.3 is 0 Å². The maximum Gasteiger partial charge on any atom is 0.243 e. The number of nitrogens with two attached hydrogens (primary N) is 3. The average molecular weight is 324 g/mol. The summed E-state index contributed by atoms with van der Waals surface area (Å²) >= 11 is 0. The summed E-state index contributed by atoms with van der Waals surface area (Å²) in [5.41, 5.74) is 16.4. The third kappa shape index (κ3) is 3.95. The summed E-state index contributed by atoms with van der Waals surface area (Å²) in [6.45, 7) is 1.14. The van der Waals surface area contributed by atoms with Crippen molar-refractivity contribution in [1.82, 2.24) is 4.31 Å². The molecular weight excluding hydrogens is 304 g/mol. The van der Waals surface area contributed by atoms with E-state index in [9.17, 15) is 8.42 Å². The zero-order valence-electron chi connectivity index (χ0n) is 12.1. The van der Waals surface area contributed by atoms with Crippen LogP contribution in [0.5, 0.6) is 0 Å². The van der Waals surface area contributed by atoms with Crippen molar-refractivity contribution >= 4 is 27.6 Å². The van der Waals surface area contributed by atoms with Gasteiger partial charge in [0.25, 0.3) is 0 Å². The lowest BCUT2D eigenvalue weighted by Gasteiger charge is -2.25. The first-order valence-corrected chi connectivity index (χ1v) is 8.37. The van der Waals surface area contributed by atoms with E-state index in [4.69, 9.17) is 17.2 Å². The Morgan fingerprint density at radius 1 is 1.00 bits per heavy atom. The van der Waals surface area contributed by atoms with Crippen LogP contribution >= 0.6 is 0 Å². The van der Waals surface area contributed by atoms with Crippen LogP contribution in [0.4, 0.5) is 5.69 Å². The van der Waals surface area contributed by atoms with Crippen molar-refractivity contribution in [3.05, 3.63) is 24.3 Å². The minimum absolute atomic E-state index is 0.0911. The second kappa shape index (κ2) is 6.75. The molecule has 0 aromatic heterocycles. The largest absolute Gasteiger partial charge is 0.370 e. The maximum atomic E-state index is 12.5. The molecule has 1 fully saturated rings. The summed E-state index contributed by atoms with van der Waals surface area (Å²) in [6.07, 6.45) is 2.87. The summed E-state index contributed by atoms with van der Waals surface area (Å²) in [5, 5.41) is 0. The first-order valence-electron chi connectivity index (χ1n) is 6.93. The number of rotatable bonds is 3. The van der Waals surface area contributed by atoms with Gasteiger partial charge in [0.15, 0.2) is 5.96 Å². The summed E-state index contributed by atoms with van der Waals surface area (Å²) in [5.74, 6) is -0.280. The molecule has 120 valence electrons. The smallest absolute Gasteiger partial charge is 0.243 e. The molecule has 22 heavy (non-hydrogen) atoms. The van der Waals surface area contributed by atoms with Crippen molar-refractivity contribution < 1.29 is 8.42 Å². The van der Waals surface area contributed by atoms with Crippen LogP contribution in [0.2, 0.25) is 0 Å². The molecule has 0 atom stereocenters. The SMILES string of the molecule is NC(N)=NC(N)=Nc1ccc(S(=O)(=O)N2CCCCC2)cc1. The first kappa shape index (κ1) is 16.2. The lowest BCUT2D eigenvalue weighted by Crippen LogP contribution is -2.35. The molecular formula is C13H20N6O2S. The Labute approximate surface area is 129 Å². The lowest BCUT2D eigenvalue weighted by atomic mass is 10.2. The van der Waals surface area contributed by atoms with Crippen LogP contribution < -0.4 is 17.2 Å². The topological polar surface area (TPSA) is 140 Å². The van der Waals surface area contributed by atoms with Crippen LogP contribution in [-0.4, -0.2) is 37.7 Å². The van der Waals surface area contributed by atoms with Gasteiger partial charge < -0.3 is 17.2 Å². The molecule has 0 unspecified atom stereocenters. The molecule has 2 rings (SSSR count). The number of hydrogen-bond donors (Lipinski definition) is 3. The Bertz CT molecular complexity index is 671. The molecule has 1 aliphatic heterocycles. The zero-order chi connectivity index (χ0) is 16.2. The number of sulfonamides is 1. The van der Waals surface area contributed by atoms with Crippen molar-refractivity contribution in [3.8, 4) is 0 Å². The molecule has 8 nitrogen and oxygen atoms in total. The van der Waals surface area contributed by atoms with Gasteiger partial charge in [-0.1, -0.05) is 6.42 Å². The molecule has 9 heteroatoms. The summed E-state index contributed by atoms with van der Waals surface area (Å²) in [4.78, 5) is 7.81. The van der Waals surface area contributed by atoms with Gasteiger partial charge in [0.2, 0.25) is 16.0 Å². The maximum absolute atomic E-state index is 12.5. The number of benzene rings is 1. The van der Waals surface area contributed by atoms with E-state index in [2.05, 4.69) is 9.98 Å². The van der Waals surface area contributed by atoms with Crippen molar-refractivity contribution in [1.29, 1.82) is 0 Å². The number of guanidine groups is 2. The van der Waals surface area contributed by atoms with Gasteiger partial charge in [0.05, 0.1) is 10.6 Å². The number of hydrogen-bond acceptors (Lipinski definition) is 3. The zero-order valence-corrected chi connectivity index (χ0v) is 13.0. The van der Waals surface area contributed by atoms with Gasteiger partial charge in [0.1, 0.15) is 0 Å². The highest BCUT2D eigenvalue weighted by molar-refractivity contribution is 7.89. The molecule has 0 amide bonds. The van der Waals surface area contributed by atoms with Crippen LogP contribution in [0.3, 0.4) is 0 Å². The fourth-order valence-corrected chi connectivity index (χ4v) is 3.75. The van der Waals surface area contributed by atoms with Gasteiger partial charge in [0, 0.05) is 13.1 Å². The summed E-state index contributed by atoms with van der Waals surface area (Å²) in [6, 6.07) is 6.13. The van der Waals surface area contributed by atoms with Crippen molar-refractivity contribution in [2.75, 3.05) is 13.1 Å². The van der Waals surface area contributed by atoms with Gasteiger partial charge in [-0.3, -0.25) is 0 Å². The van der Waals surface area contributed by atoms with Crippen LogP contribution in [-0.2, 0) is 10.0 Å². The number of nitrogens with zero attached hydrogens (tertiary/aromatic N) is 3. The molecule has 0 saturated carbocycles. The van der Waals surface area contributed by atoms with E-state index in [1.54, 1.807) is 12.1 Å². The third-order valence-electron chi connectivity index (χ3n) is 3.28. The van der Waals surface area contributed by atoms with E-state index in [1.807, 2.05) is 0 Å². The highest BCUT2D eigenvalue weighted by Gasteiger charge is 2.25. The van der Waals surface area contributed by atoms with Crippen molar-refractivity contribution in [2.24, 2.45) is 27.2 Å². The van der Waals surface area contributed by atoms with Gasteiger partial charge in [-0.2, -0.15) is 9.30 Å². The Morgan fingerprint density at radius 3 is 2.14 bits per heavy atom. The average Bonchev–Trinajstić information content (AvgIpc) is 2.48. The third-order valence-corrected chi connectivity index (χ3v) is 5.19. The Balaban J connectivity index is 2.19. The van der Waals surface area contributed by atoms with E-state index < -0.39 is 10.0 Å². The fourth-order valence-electron chi connectivity index (χ4n) is 2.24. The number of aliphatic imine (C=N–C) groups is 2. The quantitative estimate of drug-likeness (QED) is 0.533. The van der Waals surface area contributed by atoms with Crippen LogP contribution in [0.1, 0.15) is 19.3 Å². The minimum Gasteiger partial charge on any atom is -0.370 e. The molecule has 1 heterocycles. The predicted octanol–water partition coefficient (Wildman–Crippen LogP) is 0.0808. The van der Waals surface area contributed by atoms with Crippen LogP contribution in [0, 0.1) is 0 Å². The summed E-state index contributed by atoms with van der Waals surface area (Å²) < 4.78 is 26.5. The second-order valence-corrected chi connectivity index (χ2v) is 6.90. The number of piperidine rings is 1. The van der Waals surface area contributed by atoms with Crippen LogP contribution in [0.25, 0.3) is 0 Å². The molecule has 0 aliphatic carbocycles. The Kier molecular flexibility index (Phi) is 4.99. The molecule has 0 bridgehead atoms. The molecule has 1 aromatic rings. The first-order chi connectivity index (χ1) is 10.4. The molecule has 1 saturated heterocycles. The van der Waals surface area contributed by atoms with Crippen LogP contribution in [0.15, 0.2) is 39.1 Å². The predicted molar refractivity (Wildman–Crippen MR) is 86.1 cm³/mol. The monoisotopic (exact) mass is 324 g/mol. The lowest BCUT2D eigenvalue weighted by molar-refractivity contribution is 0.346. The molecule has 1 aliphatic rings. The minimum atomic E-state index is -3.44. The van der Waals surface area contributed by atoms with E-state index in [-0.39, 0.29) is 16.8 Å². The Hall–Kier alpha value is -2.13. The highest BCUT2D eigenvalue weighted by Crippen LogP contribution is 2.22. The van der Waals surface area contributed by atoms with E-state index >= 15 is 0 Å². The fraction of sp³-hybridized carbons (Fsp3) is 0.385. The van der Waals surface area contributed by atoms with Crippen molar-refractivity contribution in [3.63, 3.8) is 0 Å². The highest BCUT2D eigenvalue weighted by atomic mass is 32.2. The van der Waals surface area contributed by atoms with Gasteiger partial charge in [-0.05, 0) is 37.1 Å². The second-order valence-electron chi connectivity index (χ2n) is 4.97. The van der Waals surface area contributed by atoms with E-state index in [0.29, 0.717) is 18.8 Å². The normalized spacial score (nSPS) is 17.2. The van der Waals surface area contributed by atoms with Gasteiger partial charge in [-0.25, -0.2) is 13.4 Å². The van der Waals surface area contributed by atoms with Crippen molar-refractivity contribution in [2.45, 2.75) is 24.2 Å². The molecule has 0 spiro atoms. The van der Waals surface area contributed by atoms with E-state index in [0.717, 1.165) is 19.3 Å². The summed E-state index contributed by atoms with van der Waals surface area (Å²) in [7, 11) is -3.44. The Morgan fingerprint density at radius 2 is 1.59 bits per heavy atom. The van der Waals surface area contributed by atoms with E-state index in [1.165, 1.54) is 16.4 Å². The molecule has 1 aromatic carbocycles. The van der Waals surface area contributed by atoms with Gasteiger partial charge in [-0.15, -0.1) is 0 Å². The standard InChI is InChI=1S/C13H20N6O2S/c14-12(15)18-13(16)17-10-4-6-11(7-5-10)22(20,21)19-8-2-1-3-9-19/h4-7H,1-3,8-9H2,(H6,14,15,16,17,18). The molecule has 6 N–H and O–H groups in total.